The fraction of sp³-hybridized carbons (Fsp3) is 0.167. The number of hydrogen-bond acceptors (Lipinski definition) is 2. The lowest BCUT2D eigenvalue weighted by molar-refractivity contribution is 0.181. The van der Waals surface area contributed by atoms with Crippen LogP contribution >= 0.6 is 22.6 Å². The molecule has 0 aliphatic carbocycles. The van der Waals surface area contributed by atoms with E-state index >= 15 is 0 Å². The van der Waals surface area contributed by atoms with Crippen LogP contribution in [-0.2, 0) is 0 Å². The fourth-order valence-corrected chi connectivity index (χ4v) is 1.12. The number of aromatic nitrogens is 1. The van der Waals surface area contributed by atoms with Gasteiger partial charge in [0.15, 0.2) is 5.75 Å². The number of hydrogen-bond donors (Lipinski definition) is 0. The molecule has 0 amide bonds. The highest BCUT2D eigenvalue weighted by Crippen LogP contribution is 2.21. The maximum atomic E-state index is 12.6. The van der Waals surface area contributed by atoms with Gasteiger partial charge in [0.05, 0.1) is 3.57 Å². The molecule has 0 atom stereocenters. The van der Waals surface area contributed by atoms with Gasteiger partial charge in [0.2, 0.25) is 6.86 Å². The first-order chi connectivity index (χ1) is 5.25. The van der Waals surface area contributed by atoms with Crippen LogP contribution in [0.25, 0.3) is 0 Å². The molecular formula is C6H4F2INO. The Bertz CT molecular complexity index is 236. The van der Waals surface area contributed by atoms with Crippen molar-refractivity contribution in [2.75, 3.05) is 6.86 Å². The van der Waals surface area contributed by atoms with Crippen molar-refractivity contribution in [2.24, 2.45) is 0 Å². The van der Waals surface area contributed by atoms with Crippen molar-refractivity contribution in [3.63, 3.8) is 0 Å². The monoisotopic (exact) mass is 271 g/mol. The number of pyridine rings is 1. The number of rotatable bonds is 2. The molecule has 1 aromatic heterocycles. The first-order valence-corrected chi connectivity index (χ1v) is 3.82. The summed E-state index contributed by atoms with van der Waals surface area (Å²) in [5.74, 6) is -0.912. The van der Waals surface area contributed by atoms with Gasteiger partial charge in [0.1, 0.15) is 0 Å². The van der Waals surface area contributed by atoms with Gasteiger partial charge < -0.3 is 4.74 Å². The molecule has 0 saturated heterocycles. The SMILES string of the molecule is FCOc1c(I)ccnc1F. The summed E-state index contributed by atoms with van der Waals surface area (Å²) in [6, 6.07) is 1.54. The quantitative estimate of drug-likeness (QED) is 0.607. The van der Waals surface area contributed by atoms with E-state index in [2.05, 4.69) is 9.72 Å². The Hall–Kier alpha value is -0.460. The zero-order chi connectivity index (χ0) is 8.27. The van der Waals surface area contributed by atoms with Crippen molar-refractivity contribution >= 4 is 22.6 Å². The van der Waals surface area contributed by atoms with Crippen LogP contribution in [0.3, 0.4) is 0 Å². The molecular weight excluding hydrogens is 267 g/mol. The third-order valence-corrected chi connectivity index (χ3v) is 1.86. The van der Waals surface area contributed by atoms with E-state index in [9.17, 15) is 8.78 Å². The Balaban J connectivity index is 3.00. The van der Waals surface area contributed by atoms with E-state index in [1.165, 1.54) is 12.3 Å². The number of nitrogens with zero attached hydrogens (tertiary/aromatic N) is 1. The van der Waals surface area contributed by atoms with Gasteiger partial charge in [-0.1, -0.05) is 0 Å². The third kappa shape index (κ3) is 1.98. The van der Waals surface area contributed by atoms with Gasteiger partial charge in [-0.3, -0.25) is 0 Å². The standard InChI is InChI=1S/C6H4F2INO/c7-3-11-5-4(9)1-2-10-6(5)8/h1-2H,3H2. The summed E-state index contributed by atoms with van der Waals surface area (Å²) in [6.45, 7) is -1.04. The lowest BCUT2D eigenvalue weighted by atomic mass is 10.4. The minimum atomic E-state index is -1.04. The number of alkyl halides is 1. The topological polar surface area (TPSA) is 22.1 Å². The largest absolute Gasteiger partial charge is 0.457 e. The van der Waals surface area contributed by atoms with Crippen molar-refractivity contribution in [1.29, 1.82) is 0 Å². The van der Waals surface area contributed by atoms with Gasteiger partial charge in [-0.15, -0.1) is 0 Å². The molecule has 60 valence electrons. The second kappa shape index (κ2) is 3.80. The van der Waals surface area contributed by atoms with E-state index in [-0.39, 0.29) is 5.75 Å². The lowest BCUT2D eigenvalue weighted by Crippen LogP contribution is -1.97. The summed E-state index contributed by atoms with van der Waals surface area (Å²) in [5.41, 5.74) is 0. The Kier molecular flexibility index (Phi) is 2.98. The fourth-order valence-electron chi connectivity index (χ4n) is 0.584. The van der Waals surface area contributed by atoms with Crippen LogP contribution in [-0.4, -0.2) is 11.8 Å². The molecule has 0 saturated carbocycles. The highest BCUT2D eigenvalue weighted by atomic mass is 127. The molecule has 0 spiro atoms. The van der Waals surface area contributed by atoms with Crippen LogP contribution in [0.5, 0.6) is 5.75 Å². The first kappa shape index (κ1) is 8.63. The summed E-state index contributed by atoms with van der Waals surface area (Å²) in [7, 11) is 0. The Morgan fingerprint density at radius 1 is 1.64 bits per heavy atom. The number of ether oxygens (including phenoxy) is 1. The summed E-state index contributed by atoms with van der Waals surface area (Å²) in [5, 5.41) is 0. The van der Waals surface area contributed by atoms with E-state index in [0.717, 1.165) is 0 Å². The molecule has 1 rings (SSSR count). The molecule has 0 N–H and O–H groups in total. The van der Waals surface area contributed by atoms with E-state index in [1.54, 1.807) is 0 Å². The molecule has 0 radical (unpaired) electrons. The van der Waals surface area contributed by atoms with Crippen LogP contribution in [0.4, 0.5) is 8.78 Å². The molecule has 5 heteroatoms. The summed E-state index contributed by atoms with van der Waals surface area (Å²) in [4.78, 5) is 3.30. The van der Waals surface area contributed by atoms with E-state index in [4.69, 9.17) is 0 Å². The molecule has 11 heavy (non-hydrogen) atoms. The van der Waals surface area contributed by atoms with Gasteiger partial charge >= 0.3 is 0 Å². The minimum Gasteiger partial charge on any atom is -0.457 e. The molecule has 0 aliphatic rings. The molecule has 0 aromatic carbocycles. The summed E-state index contributed by atoms with van der Waals surface area (Å²) in [6.07, 6.45) is 1.29. The van der Waals surface area contributed by atoms with Gasteiger partial charge in [-0.2, -0.15) is 4.39 Å². The Labute approximate surface area is 75.7 Å². The lowest BCUT2D eigenvalue weighted by Gasteiger charge is -2.02. The van der Waals surface area contributed by atoms with Crippen molar-refractivity contribution in [3.05, 3.63) is 21.8 Å². The number of halogens is 3. The highest BCUT2D eigenvalue weighted by molar-refractivity contribution is 14.1. The summed E-state index contributed by atoms with van der Waals surface area (Å²) >= 11 is 1.84. The van der Waals surface area contributed by atoms with E-state index in [1.807, 2.05) is 22.6 Å². The summed E-state index contributed by atoms with van der Waals surface area (Å²) < 4.78 is 29.1. The molecule has 2 nitrogen and oxygen atoms in total. The van der Waals surface area contributed by atoms with E-state index < -0.39 is 12.8 Å². The molecule has 0 aliphatic heterocycles. The molecule has 0 bridgehead atoms. The predicted octanol–water partition coefficient (Wildman–Crippen LogP) is 2.13. The maximum Gasteiger partial charge on any atom is 0.256 e. The smallest absolute Gasteiger partial charge is 0.256 e. The van der Waals surface area contributed by atoms with Crippen molar-refractivity contribution in [1.82, 2.24) is 4.98 Å². The van der Waals surface area contributed by atoms with Crippen molar-refractivity contribution in [2.45, 2.75) is 0 Å². The van der Waals surface area contributed by atoms with Crippen molar-refractivity contribution in [3.8, 4) is 5.75 Å². The zero-order valence-corrected chi connectivity index (χ0v) is 7.51. The molecule has 1 heterocycles. The first-order valence-electron chi connectivity index (χ1n) is 2.74. The van der Waals surface area contributed by atoms with Crippen LogP contribution in [0.2, 0.25) is 0 Å². The maximum absolute atomic E-state index is 12.6. The third-order valence-electron chi connectivity index (χ3n) is 1.01. The average Bonchev–Trinajstić information content (AvgIpc) is 1.97. The predicted molar refractivity (Wildman–Crippen MR) is 43.5 cm³/mol. The van der Waals surface area contributed by atoms with Gasteiger partial charge in [0.25, 0.3) is 5.95 Å². The molecule has 0 unspecified atom stereocenters. The van der Waals surface area contributed by atoms with Crippen LogP contribution in [0.1, 0.15) is 0 Å². The van der Waals surface area contributed by atoms with Crippen LogP contribution < -0.4 is 4.74 Å². The van der Waals surface area contributed by atoms with Gasteiger partial charge in [0, 0.05) is 6.20 Å². The normalized spacial score (nSPS) is 9.73. The Morgan fingerprint density at radius 3 is 2.91 bits per heavy atom. The van der Waals surface area contributed by atoms with Crippen molar-refractivity contribution < 1.29 is 13.5 Å². The van der Waals surface area contributed by atoms with Crippen LogP contribution in [0, 0.1) is 9.52 Å². The zero-order valence-electron chi connectivity index (χ0n) is 5.35. The highest BCUT2D eigenvalue weighted by Gasteiger charge is 2.07. The second-order valence-corrected chi connectivity index (χ2v) is 2.83. The van der Waals surface area contributed by atoms with E-state index in [0.29, 0.717) is 3.57 Å². The average molecular weight is 271 g/mol. The van der Waals surface area contributed by atoms with Gasteiger partial charge in [-0.25, -0.2) is 9.37 Å². The Morgan fingerprint density at radius 2 is 2.36 bits per heavy atom. The molecule has 0 fully saturated rings. The molecule has 1 aromatic rings. The van der Waals surface area contributed by atoms with Crippen LogP contribution in [0.15, 0.2) is 12.3 Å². The second-order valence-electron chi connectivity index (χ2n) is 1.67. The minimum absolute atomic E-state index is 0.129. The van der Waals surface area contributed by atoms with Gasteiger partial charge in [-0.05, 0) is 28.7 Å².